The standard InChI is InChI=1S/C18H17FN2O2/c19-14-3-4-15-13(10-14)11-16(20-15)12-5-7-21(8-6-12)18(22)17-2-1-9-23-17/h1-4,9-12,20H,5-8H2. The average molecular weight is 312 g/mol. The van der Waals surface area contributed by atoms with E-state index in [1.54, 1.807) is 24.3 Å². The van der Waals surface area contributed by atoms with E-state index in [0.29, 0.717) is 24.8 Å². The van der Waals surface area contributed by atoms with Crippen LogP contribution in [0.2, 0.25) is 0 Å². The van der Waals surface area contributed by atoms with Crippen LogP contribution in [0.1, 0.15) is 35.0 Å². The van der Waals surface area contributed by atoms with Gasteiger partial charge in [-0.15, -0.1) is 0 Å². The minimum absolute atomic E-state index is 0.0489. The van der Waals surface area contributed by atoms with Crippen LogP contribution in [0.5, 0.6) is 0 Å². The highest BCUT2D eigenvalue weighted by atomic mass is 19.1. The molecule has 1 N–H and O–H groups in total. The molecule has 0 atom stereocenters. The predicted octanol–water partition coefficient (Wildman–Crippen LogP) is 3.92. The summed E-state index contributed by atoms with van der Waals surface area (Å²) < 4.78 is 18.5. The molecule has 0 bridgehead atoms. The number of benzene rings is 1. The van der Waals surface area contributed by atoms with Crippen LogP contribution in [-0.2, 0) is 0 Å². The number of likely N-dealkylation sites (tertiary alicyclic amines) is 1. The number of piperidine rings is 1. The van der Waals surface area contributed by atoms with E-state index in [0.717, 1.165) is 29.4 Å². The number of furan rings is 1. The molecular weight excluding hydrogens is 295 g/mol. The van der Waals surface area contributed by atoms with E-state index in [2.05, 4.69) is 4.98 Å². The number of rotatable bonds is 2. The molecule has 1 aliphatic rings. The van der Waals surface area contributed by atoms with Gasteiger partial charge in [0.2, 0.25) is 0 Å². The third-order valence-electron chi connectivity index (χ3n) is 4.56. The molecule has 3 aromatic rings. The molecule has 1 aromatic carbocycles. The number of carbonyl (C=O) groups is 1. The number of nitrogens with one attached hydrogen (secondary N) is 1. The van der Waals surface area contributed by atoms with Crippen molar-refractivity contribution in [1.82, 2.24) is 9.88 Å². The van der Waals surface area contributed by atoms with Gasteiger partial charge in [-0.2, -0.15) is 0 Å². The van der Waals surface area contributed by atoms with Crippen LogP contribution in [-0.4, -0.2) is 28.9 Å². The van der Waals surface area contributed by atoms with Crippen LogP contribution in [0.3, 0.4) is 0 Å². The Labute approximate surface area is 132 Å². The van der Waals surface area contributed by atoms with E-state index in [9.17, 15) is 9.18 Å². The molecule has 118 valence electrons. The monoisotopic (exact) mass is 312 g/mol. The van der Waals surface area contributed by atoms with Crippen molar-refractivity contribution in [3.63, 3.8) is 0 Å². The molecule has 0 aliphatic carbocycles. The maximum atomic E-state index is 13.3. The van der Waals surface area contributed by atoms with Gasteiger partial charge >= 0.3 is 0 Å². The molecule has 1 saturated heterocycles. The normalized spacial score (nSPS) is 16.1. The molecule has 23 heavy (non-hydrogen) atoms. The molecule has 2 aromatic heterocycles. The second kappa shape index (κ2) is 5.57. The van der Waals surface area contributed by atoms with Crippen molar-refractivity contribution in [2.24, 2.45) is 0 Å². The second-order valence-corrected chi connectivity index (χ2v) is 6.00. The Morgan fingerprint density at radius 3 is 2.78 bits per heavy atom. The fourth-order valence-electron chi connectivity index (χ4n) is 3.30. The van der Waals surface area contributed by atoms with Crippen molar-refractivity contribution in [1.29, 1.82) is 0 Å². The summed E-state index contributed by atoms with van der Waals surface area (Å²) in [7, 11) is 0. The summed E-state index contributed by atoms with van der Waals surface area (Å²) in [5, 5.41) is 0.897. The third kappa shape index (κ3) is 2.63. The molecule has 0 unspecified atom stereocenters. The number of nitrogens with zero attached hydrogens (tertiary/aromatic N) is 1. The molecule has 1 amide bonds. The fraction of sp³-hybridized carbons (Fsp3) is 0.278. The number of carbonyl (C=O) groups excluding carboxylic acids is 1. The van der Waals surface area contributed by atoms with Crippen LogP contribution < -0.4 is 0 Å². The van der Waals surface area contributed by atoms with Gasteiger partial charge in [0.15, 0.2) is 5.76 Å². The lowest BCUT2D eigenvalue weighted by Crippen LogP contribution is -2.37. The number of H-pyrrole nitrogens is 1. The van der Waals surface area contributed by atoms with Gasteiger partial charge in [-0.1, -0.05) is 0 Å². The van der Waals surface area contributed by atoms with Crippen LogP contribution in [0.25, 0.3) is 10.9 Å². The molecule has 0 saturated carbocycles. The summed E-state index contributed by atoms with van der Waals surface area (Å²) in [6.07, 6.45) is 3.30. The molecule has 4 nitrogen and oxygen atoms in total. The number of halogens is 1. The van der Waals surface area contributed by atoms with Gasteiger partial charge in [0.25, 0.3) is 5.91 Å². The summed E-state index contributed by atoms with van der Waals surface area (Å²) >= 11 is 0. The van der Waals surface area contributed by atoms with E-state index in [4.69, 9.17) is 4.42 Å². The van der Waals surface area contributed by atoms with Gasteiger partial charge in [0.1, 0.15) is 5.82 Å². The van der Waals surface area contributed by atoms with Crippen molar-refractivity contribution in [3.05, 3.63) is 59.9 Å². The first kappa shape index (κ1) is 14.1. The molecular formula is C18H17FN2O2. The van der Waals surface area contributed by atoms with Crippen molar-refractivity contribution in [3.8, 4) is 0 Å². The van der Waals surface area contributed by atoms with E-state index in [-0.39, 0.29) is 11.7 Å². The van der Waals surface area contributed by atoms with Crippen molar-refractivity contribution in [2.75, 3.05) is 13.1 Å². The van der Waals surface area contributed by atoms with E-state index in [1.165, 1.54) is 12.3 Å². The Morgan fingerprint density at radius 1 is 1.22 bits per heavy atom. The van der Waals surface area contributed by atoms with Crippen LogP contribution in [0, 0.1) is 5.82 Å². The highest BCUT2D eigenvalue weighted by Crippen LogP contribution is 2.30. The molecule has 0 spiro atoms. The molecule has 4 rings (SSSR count). The zero-order chi connectivity index (χ0) is 15.8. The van der Waals surface area contributed by atoms with E-state index >= 15 is 0 Å². The average Bonchev–Trinajstić information content (AvgIpc) is 3.23. The number of aromatic nitrogens is 1. The van der Waals surface area contributed by atoms with Gasteiger partial charge in [-0.25, -0.2) is 4.39 Å². The van der Waals surface area contributed by atoms with E-state index in [1.807, 2.05) is 11.0 Å². The second-order valence-electron chi connectivity index (χ2n) is 6.00. The van der Waals surface area contributed by atoms with Gasteiger partial charge in [-0.05, 0) is 49.2 Å². The van der Waals surface area contributed by atoms with Gasteiger partial charge in [0.05, 0.1) is 6.26 Å². The number of hydrogen-bond acceptors (Lipinski definition) is 2. The SMILES string of the molecule is O=C(c1ccco1)N1CCC(c2cc3cc(F)ccc3[nH]2)CC1. The summed E-state index contributed by atoms with van der Waals surface area (Å²) in [5.41, 5.74) is 2.08. The molecule has 1 aliphatic heterocycles. The third-order valence-corrected chi connectivity index (χ3v) is 4.56. The highest BCUT2D eigenvalue weighted by molar-refractivity contribution is 5.91. The Kier molecular flexibility index (Phi) is 3.41. The van der Waals surface area contributed by atoms with Crippen molar-refractivity contribution >= 4 is 16.8 Å². The van der Waals surface area contributed by atoms with Gasteiger partial charge < -0.3 is 14.3 Å². The Balaban J connectivity index is 1.47. The number of hydrogen-bond donors (Lipinski definition) is 1. The van der Waals surface area contributed by atoms with E-state index < -0.39 is 0 Å². The summed E-state index contributed by atoms with van der Waals surface area (Å²) in [5.74, 6) is 0.490. The van der Waals surface area contributed by atoms with Gasteiger partial charge in [-0.3, -0.25) is 4.79 Å². The fourth-order valence-corrected chi connectivity index (χ4v) is 3.30. The molecule has 3 heterocycles. The first-order valence-electron chi connectivity index (χ1n) is 7.81. The van der Waals surface area contributed by atoms with Crippen LogP contribution >= 0.6 is 0 Å². The lowest BCUT2D eigenvalue weighted by atomic mass is 9.93. The quantitative estimate of drug-likeness (QED) is 0.779. The van der Waals surface area contributed by atoms with Crippen molar-refractivity contribution in [2.45, 2.75) is 18.8 Å². The molecule has 5 heteroatoms. The molecule has 1 fully saturated rings. The maximum Gasteiger partial charge on any atom is 0.289 e. The smallest absolute Gasteiger partial charge is 0.289 e. The molecule has 0 radical (unpaired) electrons. The highest BCUT2D eigenvalue weighted by Gasteiger charge is 2.26. The number of amides is 1. The zero-order valence-corrected chi connectivity index (χ0v) is 12.6. The first-order chi connectivity index (χ1) is 11.2. The minimum atomic E-state index is -0.220. The minimum Gasteiger partial charge on any atom is -0.459 e. The maximum absolute atomic E-state index is 13.3. The van der Waals surface area contributed by atoms with Crippen molar-refractivity contribution < 1.29 is 13.6 Å². The lowest BCUT2D eigenvalue weighted by Gasteiger charge is -2.31. The summed E-state index contributed by atoms with van der Waals surface area (Å²) in [6.45, 7) is 1.40. The van der Waals surface area contributed by atoms with Crippen LogP contribution in [0.15, 0.2) is 47.1 Å². The predicted molar refractivity (Wildman–Crippen MR) is 84.8 cm³/mol. The van der Waals surface area contributed by atoms with Crippen LogP contribution in [0.4, 0.5) is 4.39 Å². The van der Waals surface area contributed by atoms with Gasteiger partial charge in [0, 0.05) is 35.6 Å². The largest absolute Gasteiger partial charge is 0.459 e. The Morgan fingerprint density at radius 2 is 2.04 bits per heavy atom. The lowest BCUT2D eigenvalue weighted by molar-refractivity contribution is 0.0680. The Bertz CT molecular complexity index is 830. The Hall–Kier alpha value is -2.56. The summed E-state index contributed by atoms with van der Waals surface area (Å²) in [4.78, 5) is 17.5. The zero-order valence-electron chi connectivity index (χ0n) is 12.6. The summed E-state index contributed by atoms with van der Waals surface area (Å²) in [6, 6.07) is 10.2. The first-order valence-corrected chi connectivity index (χ1v) is 7.81. The number of fused-ring (bicyclic) bond motifs is 1. The number of aromatic amines is 1. The topological polar surface area (TPSA) is 49.2 Å².